The summed E-state index contributed by atoms with van der Waals surface area (Å²) < 4.78 is 27.1. The molecule has 30 heavy (non-hydrogen) atoms. The molecule has 0 spiro atoms. The predicted molar refractivity (Wildman–Crippen MR) is 128 cm³/mol. The number of anilines is 1. The van der Waals surface area contributed by atoms with Crippen molar-refractivity contribution in [3.05, 3.63) is 73.6 Å². The molecule has 1 fully saturated rings. The summed E-state index contributed by atoms with van der Waals surface area (Å²) in [5, 5.41) is 3.25. The van der Waals surface area contributed by atoms with Gasteiger partial charge in [-0.05, 0) is 48.7 Å². The minimum Gasteiger partial charge on any atom is -0.348 e. The number of nitrogens with zero attached hydrogens (tertiary/aromatic N) is 2. The molecule has 2 aromatic carbocycles. The van der Waals surface area contributed by atoms with Crippen molar-refractivity contribution < 1.29 is 8.42 Å². The molecule has 9 heteroatoms. The summed E-state index contributed by atoms with van der Waals surface area (Å²) >= 11 is 17.1. The number of halogens is 3. The summed E-state index contributed by atoms with van der Waals surface area (Å²) in [6, 6.07) is 12.7. The molecule has 0 amide bonds. The van der Waals surface area contributed by atoms with Crippen LogP contribution in [-0.4, -0.2) is 31.7 Å². The number of piperidine rings is 1. The second kappa shape index (κ2) is 9.17. The Hall–Kier alpha value is -1.12. The van der Waals surface area contributed by atoms with E-state index in [1.807, 2.05) is 12.1 Å². The Balaban J connectivity index is 1.42. The fraction of sp³-hybridized carbons (Fsp3) is 0.286. The normalized spacial score (nSPS) is 15.5. The Labute approximate surface area is 198 Å². The van der Waals surface area contributed by atoms with Gasteiger partial charge in [-0.15, -0.1) is 11.3 Å². The highest BCUT2D eigenvalue weighted by Gasteiger charge is 2.32. The molecule has 2 heterocycles. The molecule has 0 N–H and O–H groups in total. The first-order chi connectivity index (χ1) is 14.3. The molecule has 1 aliphatic heterocycles. The van der Waals surface area contributed by atoms with Gasteiger partial charge in [-0.25, -0.2) is 13.4 Å². The Kier molecular flexibility index (Phi) is 6.75. The lowest BCUT2D eigenvalue weighted by Gasteiger charge is -2.31. The first kappa shape index (κ1) is 22.1. The molecule has 0 bridgehead atoms. The van der Waals surface area contributed by atoms with Crippen LogP contribution in [0.3, 0.4) is 0 Å². The van der Waals surface area contributed by atoms with Crippen LogP contribution in [0.15, 0.2) is 57.2 Å². The maximum absolute atomic E-state index is 13.0. The molecule has 1 saturated heterocycles. The third-order valence-electron chi connectivity index (χ3n) is 5.13. The molecule has 0 saturated carbocycles. The van der Waals surface area contributed by atoms with Gasteiger partial charge < -0.3 is 4.90 Å². The van der Waals surface area contributed by atoms with Crippen LogP contribution < -0.4 is 4.90 Å². The van der Waals surface area contributed by atoms with Crippen LogP contribution in [0.1, 0.15) is 24.1 Å². The Morgan fingerprint density at radius 1 is 1.10 bits per heavy atom. The Bertz CT molecular complexity index is 1140. The van der Waals surface area contributed by atoms with Crippen LogP contribution in [0.5, 0.6) is 0 Å². The Morgan fingerprint density at radius 2 is 1.80 bits per heavy atom. The summed E-state index contributed by atoms with van der Waals surface area (Å²) in [4.78, 5) is 7.14. The van der Waals surface area contributed by atoms with E-state index in [1.54, 1.807) is 17.4 Å². The van der Waals surface area contributed by atoms with Crippen molar-refractivity contribution in [1.29, 1.82) is 0 Å². The standard InChI is InChI=1S/C21H19BrCl2N2O2S2/c22-15-3-1-2-14(8-15)9-18-13-29-21(25-18)26-6-4-19(5-7-26)30(27,28)20-11-16(23)10-17(24)12-20/h1-3,8,10-13,19H,4-7,9H2. The second-order valence-corrected chi connectivity index (χ2v) is 12.1. The van der Waals surface area contributed by atoms with Crippen molar-refractivity contribution in [2.24, 2.45) is 0 Å². The second-order valence-electron chi connectivity index (χ2n) is 7.26. The lowest BCUT2D eigenvalue weighted by Crippen LogP contribution is -2.39. The van der Waals surface area contributed by atoms with Crippen molar-refractivity contribution in [3.63, 3.8) is 0 Å². The van der Waals surface area contributed by atoms with Crippen LogP contribution >= 0.6 is 50.5 Å². The zero-order valence-electron chi connectivity index (χ0n) is 15.9. The highest BCUT2D eigenvalue weighted by molar-refractivity contribution is 9.10. The van der Waals surface area contributed by atoms with E-state index in [0.29, 0.717) is 36.0 Å². The van der Waals surface area contributed by atoms with Crippen molar-refractivity contribution in [3.8, 4) is 0 Å². The molecule has 0 aliphatic carbocycles. The summed E-state index contributed by atoms with van der Waals surface area (Å²) in [5.41, 5.74) is 2.22. The number of sulfone groups is 1. The highest BCUT2D eigenvalue weighted by Crippen LogP contribution is 2.31. The lowest BCUT2D eigenvalue weighted by atomic mass is 10.1. The topological polar surface area (TPSA) is 50.3 Å². The van der Waals surface area contributed by atoms with Gasteiger partial charge in [-0.3, -0.25) is 0 Å². The van der Waals surface area contributed by atoms with Crippen LogP contribution in [0, 0.1) is 0 Å². The SMILES string of the molecule is O=S(=O)(c1cc(Cl)cc(Cl)c1)C1CCN(c2nc(Cc3cccc(Br)c3)cs2)CC1. The predicted octanol–water partition coefficient (Wildman–Crippen LogP) is 6.25. The fourth-order valence-corrected chi connectivity index (χ4v) is 7.40. The summed E-state index contributed by atoms with van der Waals surface area (Å²) in [6.45, 7) is 1.31. The average Bonchev–Trinajstić information content (AvgIpc) is 3.16. The van der Waals surface area contributed by atoms with Crippen LogP contribution in [0.4, 0.5) is 5.13 Å². The zero-order chi connectivity index (χ0) is 21.3. The van der Waals surface area contributed by atoms with Gasteiger partial charge in [0.05, 0.1) is 15.8 Å². The van der Waals surface area contributed by atoms with E-state index in [0.717, 1.165) is 21.7 Å². The average molecular weight is 546 g/mol. The smallest absolute Gasteiger partial charge is 0.185 e. The molecule has 1 aromatic heterocycles. The van der Waals surface area contributed by atoms with E-state index in [-0.39, 0.29) is 4.90 Å². The first-order valence-corrected chi connectivity index (χ1v) is 13.4. The van der Waals surface area contributed by atoms with E-state index in [9.17, 15) is 8.42 Å². The van der Waals surface area contributed by atoms with Gasteiger partial charge in [0.1, 0.15) is 0 Å². The molecule has 0 unspecified atom stereocenters. The van der Waals surface area contributed by atoms with Crippen molar-refractivity contribution in [2.45, 2.75) is 29.4 Å². The third kappa shape index (κ3) is 5.02. The van der Waals surface area contributed by atoms with Crippen molar-refractivity contribution in [2.75, 3.05) is 18.0 Å². The van der Waals surface area contributed by atoms with Gasteiger partial charge in [-0.2, -0.15) is 0 Å². The largest absolute Gasteiger partial charge is 0.348 e. The molecule has 1 aliphatic rings. The fourth-order valence-electron chi connectivity index (χ4n) is 3.62. The maximum atomic E-state index is 13.0. The number of benzene rings is 2. The summed E-state index contributed by atoms with van der Waals surface area (Å²) in [6.07, 6.45) is 1.87. The molecule has 4 nitrogen and oxygen atoms in total. The first-order valence-electron chi connectivity index (χ1n) is 9.45. The zero-order valence-corrected chi connectivity index (χ0v) is 20.6. The van der Waals surface area contributed by atoms with Crippen molar-refractivity contribution in [1.82, 2.24) is 4.98 Å². The minimum atomic E-state index is -3.47. The van der Waals surface area contributed by atoms with Crippen LogP contribution in [0.25, 0.3) is 0 Å². The minimum absolute atomic E-state index is 0.198. The van der Waals surface area contributed by atoms with Gasteiger partial charge >= 0.3 is 0 Å². The van der Waals surface area contributed by atoms with Gasteiger partial charge in [0.15, 0.2) is 15.0 Å². The van der Waals surface area contributed by atoms with Gasteiger partial charge in [0.25, 0.3) is 0 Å². The molecule has 4 rings (SSSR count). The number of hydrogen-bond acceptors (Lipinski definition) is 5. The quantitative estimate of drug-likeness (QED) is 0.380. The summed E-state index contributed by atoms with van der Waals surface area (Å²) in [5.74, 6) is 0. The monoisotopic (exact) mass is 544 g/mol. The van der Waals surface area contributed by atoms with E-state index in [4.69, 9.17) is 28.2 Å². The molecule has 0 radical (unpaired) electrons. The molecule has 0 atom stereocenters. The Morgan fingerprint density at radius 3 is 2.47 bits per heavy atom. The molecule has 158 valence electrons. The van der Waals surface area contributed by atoms with Crippen molar-refractivity contribution >= 4 is 65.4 Å². The van der Waals surface area contributed by atoms with Gasteiger partial charge in [-0.1, -0.05) is 51.3 Å². The number of thiazole rings is 1. The summed E-state index contributed by atoms with van der Waals surface area (Å²) in [7, 11) is -3.47. The maximum Gasteiger partial charge on any atom is 0.185 e. The van der Waals surface area contributed by atoms with Gasteiger partial charge in [0.2, 0.25) is 0 Å². The molecular formula is C21H19BrCl2N2O2S2. The lowest BCUT2D eigenvalue weighted by molar-refractivity contribution is 0.529. The van der Waals surface area contributed by atoms with Crippen LogP contribution in [-0.2, 0) is 16.3 Å². The number of aromatic nitrogens is 1. The van der Waals surface area contributed by atoms with E-state index in [2.05, 4.69) is 38.3 Å². The van der Waals surface area contributed by atoms with E-state index < -0.39 is 15.1 Å². The van der Waals surface area contributed by atoms with Gasteiger partial charge in [0, 0.05) is 39.4 Å². The number of hydrogen-bond donors (Lipinski definition) is 0. The van der Waals surface area contributed by atoms with E-state index >= 15 is 0 Å². The van der Waals surface area contributed by atoms with Crippen LogP contribution in [0.2, 0.25) is 10.0 Å². The molecule has 3 aromatic rings. The number of rotatable bonds is 5. The molecular weight excluding hydrogens is 527 g/mol. The van der Waals surface area contributed by atoms with E-state index in [1.165, 1.54) is 17.7 Å². The highest BCUT2D eigenvalue weighted by atomic mass is 79.9. The third-order valence-corrected chi connectivity index (χ3v) is 9.25.